The molecule has 0 aromatic rings. The van der Waals surface area contributed by atoms with Crippen LogP contribution in [0.1, 0.15) is 305 Å². The summed E-state index contributed by atoms with van der Waals surface area (Å²) in [4.78, 5) is 71.8. The Hall–Kier alpha value is -1.94. The quantitative estimate of drug-likeness (QED) is 0.0222. The van der Waals surface area contributed by atoms with Gasteiger partial charge in [-0.1, -0.05) is 254 Å². The van der Waals surface area contributed by atoms with E-state index in [1.807, 2.05) is 0 Å². The Kier molecular flexibility index (Phi) is 53.2. The number of unbranched alkanes of at least 4 members (excludes halogenated alkanes) is 28. The Morgan fingerprint density at radius 2 is 0.622 bits per heavy atom. The molecule has 0 saturated heterocycles. The van der Waals surface area contributed by atoms with Gasteiger partial charge in [0.05, 0.1) is 26.4 Å². The number of hydrogen-bond acceptors (Lipinski definition) is 15. The second kappa shape index (κ2) is 54.5. The second-order valence-electron chi connectivity index (χ2n) is 24.0. The summed E-state index contributed by atoms with van der Waals surface area (Å²) in [5, 5.41) is 10.5. The van der Waals surface area contributed by atoms with Crippen molar-refractivity contribution in [2.75, 3.05) is 39.6 Å². The monoisotopic (exact) mass is 1210 g/mol. The molecule has 0 spiro atoms. The number of ether oxygens (including phenoxy) is 4. The molecule has 6 atom stereocenters. The van der Waals surface area contributed by atoms with Gasteiger partial charge in [0.2, 0.25) is 0 Å². The highest BCUT2D eigenvalue weighted by molar-refractivity contribution is 7.47. The van der Waals surface area contributed by atoms with Crippen molar-refractivity contribution in [2.24, 2.45) is 17.8 Å². The van der Waals surface area contributed by atoms with E-state index in [0.29, 0.717) is 31.6 Å². The van der Waals surface area contributed by atoms with Crippen LogP contribution in [0.2, 0.25) is 0 Å². The van der Waals surface area contributed by atoms with Gasteiger partial charge in [-0.15, -0.1) is 0 Å². The van der Waals surface area contributed by atoms with Gasteiger partial charge in [-0.25, -0.2) is 9.13 Å². The average Bonchev–Trinajstić information content (AvgIpc) is 3.43. The molecule has 0 aromatic carbocycles. The maximum absolute atomic E-state index is 13.0. The van der Waals surface area contributed by atoms with Crippen molar-refractivity contribution in [3.8, 4) is 0 Å². The third-order valence-corrected chi connectivity index (χ3v) is 16.6. The van der Waals surface area contributed by atoms with Crippen molar-refractivity contribution in [3.05, 3.63) is 0 Å². The first kappa shape index (κ1) is 80.1. The summed E-state index contributed by atoms with van der Waals surface area (Å²) in [5.74, 6) is 0.0503. The van der Waals surface area contributed by atoms with Crippen LogP contribution >= 0.6 is 15.6 Å². The molecule has 0 heterocycles. The first-order valence-corrected chi connectivity index (χ1v) is 35.9. The maximum atomic E-state index is 13.0. The highest BCUT2D eigenvalue weighted by Gasteiger charge is 2.30. The van der Waals surface area contributed by atoms with Crippen LogP contribution < -0.4 is 0 Å². The Morgan fingerprint density at radius 3 is 0.927 bits per heavy atom. The lowest BCUT2D eigenvalue weighted by Crippen LogP contribution is -2.30. The fourth-order valence-electron chi connectivity index (χ4n) is 9.27. The van der Waals surface area contributed by atoms with E-state index in [1.54, 1.807) is 0 Å². The number of aliphatic hydroxyl groups is 1. The van der Waals surface area contributed by atoms with Crippen molar-refractivity contribution in [1.29, 1.82) is 0 Å². The number of carbonyl (C=O) groups excluding carboxylic acids is 4. The average molecular weight is 1210 g/mol. The largest absolute Gasteiger partial charge is 0.472 e. The third-order valence-electron chi connectivity index (χ3n) is 14.7. The summed E-state index contributed by atoms with van der Waals surface area (Å²) in [7, 11) is -9.88. The van der Waals surface area contributed by atoms with E-state index in [1.165, 1.54) is 103 Å². The summed E-state index contributed by atoms with van der Waals surface area (Å²) < 4.78 is 67.7. The van der Waals surface area contributed by atoms with Gasteiger partial charge in [0, 0.05) is 25.7 Å². The highest BCUT2D eigenvalue weighted by atomic mass is 31.2. The Balaban J connectivity index is 5.14. The van der Waals surface area contributed by atoms with E-state index < -0.39 is 97.5 Å². The number of esters is 4. The molecular weight excluding hydrogens is 1090 g/mol. The molecule has 0 radical (unpaired) electrons. The van der Waals surface area contributed by atoms with Gasteiger partial charge < -0.3 is 33.8 Å². The molecule has 0 fully saturated rings. The van der Waals surface area contributed by atoms with Gasteiger partial charge in [0.25, 0.3) is 0 Å². The van der Waals surface area contributed by atoms with Crippen molar-refractivity contribution in [3.63, 3.8) is 0 Å². The van der Waals surface area contributed by atoms with E-state index in [2.05, 4.69) is 48.5 Å². The number of hydrogen-bond donors (Lipinski definition) is 3. The molecule has 17 nitrogen and oxygen atoms in total. The molecule has 3 unspecified atom stereocenters. The summed E-state index contributed by atoms with van der Waals surface area (Å²) in [6, 6.07) is 0. The zero-order valence-electron chi connectivity index (χ0n) is 52.9. The molecule has 3 N–H and O–H groups in total. The predicted octanol–water partition coefficient (Wildman–Crippen LogP) is 17.1. The predicted molar refractivity (Wildman–Crippen MR) is 326 cm³/mol. The summed E-state index contributed by atoms with van der Waals surface area (Å²) in [6.45, 7) is 11.6. The van der Waals surface area contributed by atoms with Crippen LogP contribution in [0.5, 0.6) is 0 Å². The van der Waals surface area contributed by atoms with Crippen LogP contribution in [0.4, 0.5) is 0 Å². The van der Waals surface area contributed by atoms with Crippen LogP contribution in [0, 0.1) is 17.8 Å². The molecule has 0 amide bonds. The topological polar surface area (TPSA) is 237 Å². The lowest BCUT2D eigenvalue weighted by Gasteiger charge is -2.21. The second-order valence-corrected chi connectivity index (χ2v) is 26.9. The fraction of sp³-hybridized carbons (Fsp3) is 0.937. The van der Waals surface area contributed by atoms with Crippen LogP contribution in [0.15, 0.2) is 0 Å². The molecular formula is C63H122O17P2. The first-order valence-electron chi connectivity index (χ1n) is 32.9. The zero-order valence-corrected chi connectivity index (χ0v) is 54.7. The number of phosphoric ester groups is 2. The van der Waals surface area contributed by atoms with Gasteiger partial charge in [-0.3, -0.25) is 37.3 Å². The number of aliphatic hydroxyl groups excluding tert-OH is 1. The summed E-state index contributed by atoms with van der Waals surface area (Å²) in [5.41, 5.74) is 0. The maximum Gasteiger partial charge on any atom is 0.472 e. The lowest BCUT2D eigenvalue weighted by atomic mass is 10.00. The molecule has 0 aromatic heterocycles. The molecule has 82 heavy (non-hydrogen) atoms. The molecule has 0 saturated carbocycles. The Morgan fingerprint density at radius 1 is 0.354 bits per heavy atom. The molecule has 0 rings (SSSR count). The molecule has 19 heteroatoms. The number of rotatable bonds is 61. The minimum absolute atomic E-state index is 0.101. The highest BCUT2D eigenvalue weighted by Crippen LogP contribution is 2.45. The van der Waals surface area contributed by atoms with E-state index in [9.17, 15) is 43.2 Å². The normalized spacial score (nSPS) is 14.7. The van der Waals surface area contributed by atoms with Crippen LogP contribution in [0.3, 0.4) is 0 Å². The van der Waals surface area contributed by atoms with E-state index in [4.69, 9.17) is 37.0 Å². The molecule has 0 bridgehead atoms. The van der Waals surface area contributed by atoms with Crippen LogP contribution in [-0.4, -0.2) is 96.7 Å². The molecule has 0 aliphatic carbocycles. The summed E-state index contributed by atoms with van der Waals surface area (Å²) in [6.07, 6.45) is 35.5. The first-order chi connectivity index (χ1) is 39.3. The lowest BCUT2D eigenvalue weighted by molar-refractivity contribution is -0.161. The van der Waals surface area contributed by atoms with Gasteiger partial charge in [-0.2, -0.15) is 0 Å². The molecule has 0 aliphatic heterocycles. The van der Waals surface area contributed by atoms with Gasteiger partial charge >= 0.3 is 39.5 Å². The fourth-order valence-corrected chi connectivity index (χ4v) is 10.9. The van der Waals surface area contributed by atoms with Crippen molar-refractivity contribution < 1.29 is 80.2 Å². The Labute approximate surface area is 498 Å². The van der Waals surface area contributed by atoms with Gasteiger partial charge in [0.15, 0.2) is 12.2 Å². The smallest absolute Gasteiger partial charge is 0.462 e. The van der Waals surface area contributed by atoms with Gasteiger partial charge in [0.1, 0.15) is 19.3 Å². The van der Waals surface area contributed by atoms with Gasteiger partial charge in [-0.05, 0) is 43.4 Å². The van der Waals surface area contributed by atoms with E-state index in [-0.39, 0.29) is 25.7 Å². The van der Waals surface area contributed by atoms with Crippen LogP contribution in [-0.2, 0) is 65.4 Å². The van der Waals surface area contributed by atoms with Crippen LogP contribution in [0.25, 0.3) is 0 Å². The summed E-state index contributed by atoms with van der Waals surface area (Å²) >= 11 is 0. The third kappa shape index (κ3) is 55.9. The van der Waals surface area contributed by atoms with Crippen molar-refractivity contribution in [2.45, 2.75) is 324 Å². The molecule has 0 aliphatic rings. The number of carbonyl (C=O) groups is 4. The SMILES string of the molecule is CCCCCCCC(=O)OC[C@H](COP(=O)(O)OC[C@H](O)COP(=O)(O)OC[C@@H](COC(=O)CCCCCCCCC(C)CC)OC(=O)CCCCCCCCCCCCCCCCCC(C)C)OC(=O)CCCCCCCCC(C)C. The zero-order chi connectivity index (χ0) is 61.0. The van der Waals surface area contributed by atoms with E-state index in [0.717, 1.165) is 115 Å². The van der Waals surface area contributed by atoms with Crippen molar-refractivity contribution in [1.82, 2.24) is 0 Å². The standard InChI is InChI=1S/C63H122O17P2/c1-8-10-11-27-37-44-60(65)73-50-58(80-63(68)47-40-33-25-23-29-35-42-55(5)6)52-77-81(69,70)75-48-57(64)49-76-82(71,72)78-53-59(51-74-61(66)45-38-31-26-24-30-36-43-56(7)9-2)79-62(67)46-39-32-22-20-18-16-14-12-13-15-17-19-21-28-34-41-54(3)4/h54-59,64H,8-53H2,1-7H3,(H,69,70)(H,71,72)/t56?,57-,58+,59+/m0/s1. The minimum Gasteiger partial charge on any atom is -0.462 e. The van der Waals surface area contributed by atoms with E-state index >= 15 is 0 Å². The molecule has 486 valence electrons. The minimum atomic E-state index is -4.94. The van der Waals surface area contributed by atoms with Crippen molar-refractivity contribution >= 4 is 39.5 Å². The number of phosphoric acid groups is 2. The Bertz CT molecular complexity index is 1630.